The summed E-state index contributed by atoms with van der Waals surface area (Å²) in [6, 6.07) is -3.57. The van der Waals surface area contributed by atoms with E-state index in [1.807, 2.05) is 0 Å². The third kappa shape index (κ3) is 8.43. The van der Waals surface area contributed by atoms with E-state index in [2.05, 4.69) is 10.6 Å². The van der Waals surface area contributed by atoms with E-state index in [4.69, 9.17) is 14.6 Å². The van der Waals surface area contributed by atoms with Gasteiger partial charge in [0.05, 0.1) is 18.8 Å². The SMILES string of the molecule is C[C@@H]1O[C@@H](O[C@H](C)[C@H](NC(=O)[C@@H](NC(=O)CCCC(=O)O)[C@H](O)CO)C(=O)O)[C@@H](O)[C@H](O)[C@@H]1O. The van der Waals surface area contributed by atoms with Crippen molar-refractivity contribution in [2.24, 2.45) is 0 Å². The van der Waals surface area contributed by atoms with Crippen molar-refractivity contribution in [3.8, 4) is 0 Å². The molecule has 0 radical (unpaired) electrons. The van der Waals surface area contributed by atoms with Crippen LogP contribution in [0.5, 0.6) is 0 Å². The van der Waals surface area contributed by atoms with Crippen molar-refractivity contribution in [3.63, 3.8) is 0 Å². The molecule has 15 nitrogen and oxygen atoms in total. The van der Waals surface area contributed by atoms with Gasteiger partial charge in [0.25, 0.3) is 0 Å². The van der Waals surface area contributed by atoms with E-state index in [-0.39, 0.29) is 19.3 Å². The Hall–Kier alpha value is -2.40. The van der Waals surface area contributed by atoms with Gasteiger partial charge in [-0.3, -0.25) is 14.4 Å². The van der Waals surface area contributed by atoms with Gasteiger partial charge < -0.3 is 55.9 Å². The summed E-state index contributed by atoms with van der Waals surface area (Å²) >= 11 is 0. The number of ether oxygens (including phenoxy) is 2. The van der Waals surface area contributed by atoms with Gasteiger partial charge >= 0.3 is 11.9 Å². The molecular formula is C19H32N2O13. The summed E-state index contributed by atoms with van der Waals surface area (Å²) in [5.41, 5.74) is 0. The van der Waals surface area contributed by atoms with Crippen molar-refractivity contribution < 1.29 is 64.4 Å². The molecule has 15 heteroatoms. The maximum atomic E-state index is 12.6. The molecule has 0 unspecified atom stereocenters. The van der Waals surface area contributed by atoms with E-state index < -0.39 is 85.4 Å². The lowest BCUT2D eigenvalue weighted by molar-refractivity contribution is -0.304. The first kappa shape index (κ1) is 29.6. The van der Waals surface area contributed by atoms with E-state index in [1.165, 1.54) is 13.8 Å². The number of carboxylic acids is 2. The maximum Gasteiger partial charge on any atom is 0.328 e. The van der Waals surface area contributed by atoms with Crippen LogP contribution in [0.3, 0.4) is 0 Å². The quantitative estimate of drug-likeness (QED) is 0.118. The standard InChI is InChI=1S/C19H32N2O13/c1-7(33-19-16(29)15(28)14(27)8(2)34-19)12(18(31)32)21-17(30)13(9(23)6-22)20-10(24)4-3-5-11(25)26/h7-9,12-16,19,22-23,27-29H,3-6H2,1-2H3,(H,20,24)(H,21,30)(H,25,26)(H,31,32)/t7-,8+,9-,12+,13+,14-,15-,16+,19-/m1/s1. The van der Waals surface area contributed by atoms with Crippen molar-refractivity contribution in [2.45, 2.75) is 88.1 Å². The molecule has 34 heavy (non-hydrogen) atoms. The van der Waals surface area contributed by atoms with Gasteiger partial charge in [-0.15, -0.1) is 0 Å². The normalized spacial score (nSPS) is 28.3. The van der Waals surface area contributed by atoms with Gasteiger partial charge in [-0.25, -0.2) is 4.79 Å². The average Bonchev–Trinajstić information content (AvgIpc) is 2.76. The molecule has 0 aromatic heterocycles. The number of hydrogen-bond donors (Lipinski definition) is 9. The number of nitrogens with one attached hydrogen (secondary N) is 2. The predicted octanol–water partition coefficient (Wildman–Crippen LogP) is -4.12. The second-order valence-corrected chi connectivity index (χ2v) is 7.89. The number of amides is 2. The number of aliphatic carboxylic acids is 2. The zero-order valence-corrected chi connectivity index (χ0v) is 18.6. The van der Waals surface area contributed by atoms with Gasteiger partial charge in [-0.2, -0.15) is 0 Å². The van der Waals surface area contributed by atoms with E-state index in [9.17, 15) is 49.8 Å². The summed E-state index contributed by atoms with van der Waals surface area (Å²) in [4.78, 5) is 46.9. The first-order valence-electron chi connectivity index (χ1n) is 10.5. The molecule has 1 aliphatic rings. The Morgan fingerprint density at radius 2 is 1.59 bits per heavy atom. The van der Waals surface area contributed by atoms with Crippen molar-refractivity contribution in [1.82, 2.24) is 10.6 Å². The van der Waals surface area contributed by atoms with Crippen LogP contribution < -0.4 is 10.6 Å². The molecule has 0 saturated carbocycles. The second kappa shape index (κ2) is 13.5. The van der Waals surface area contributed by atoms with Crippen molar-refractivity contribution in [3.05, 3.63) is 0 Å². The summed E-state index contributed by atoms with van der Waals surface area (Å²) in [7, 11) is 0. The molecule has 1 saturated heterocycles. The minimum atomic E-state index is -1.81. The second-order valence-electron chi connectivity index (χ2n) is 7.89. The Kier molecular flexibility index (Phi) is 11.7. The lowest BCUT2D eigenvalue weighted by Crippen LogP contribution is -2.61. The van der Waals surface area contributed by atoms with Crippen LogP contribution in [0.25, 0.3) is 0 Å². The molecular weight excluding hydrogens is 464 g/mol. The van der Waals surface area contributed by atoms with Crippen LogP contribution in [-0.2, 0) is 28.7 Å². The van der Waals surface area contributed by atoms with E-state index in [0.717, 1.165) is 0 Å². The number of hydrogen-bond acceptors (Lipinski definition) is 11. The molecule has 1 aliphatic heterocycles. The number of aliphatic hydroxyl groups is 5. The van der Waals surface area contributed by atoms with Crippen LogP contribution in [0, 0.1) is 0 Å². The zero-order valence-electron chi connectivity index (χ0n) is 18.6. The van der Waals surface area contributed by atoms with Crippen LogP contribution in [0.2, 0.25) is 0 Å². The monoisotopic (exact) mass is 496 g/mol. The van der Waals surface area contributed by atoms with Gasteiger partial charge in [-0.1, -0.05) is 0 Å². The Bertz CT molecular complexity index is 720. The number of carboxylic acid groups (broad SMARTS) is 2. The minimum Gasteiger partial charge on any atom is -0.481 e. The molecule has 9 N–H and O–H groups in total. The van der Waals surface area contributed by atoms with Gasteiger partial charge in [-0.05, 0) is 20.3 Å². The van der Waals surface area contributed by atoms with Gasteiger partial charge in [0.1, 0.15) is 30.5 Å². The highest BCUT2D eigenvalue weighted by Crippen LogP contribution is 2.23. The Balaban J connectivity index is 2.87. The lowest BCUT2D eigenvalue weighted by atomic mass is 10.00. The van der Waals surface area contributed by atoms with Crippen LogP contribution in [-0.4, -0.2) is 121 Å². The molecule has 1 fully saturated rings. The van der Waals surface area contributed by atoms with Crippen molar-refractivity contribution >= 4 is 23.8 Å². The molecule has 196 valence electrons. The summed E-state index contributed by atoms with van der Waals surface area (Å²) in [6.45, 7) is 1.63. The van der Waals surface area contributed by atoms with Crippen molar-refractivity contribution in [1.29, 1.82) is 0 Å². The molecule has 2 amide bonds. The molecule has 0 aromatic carbocycles. The smallest absolute Gasteiger partial charge is 0.328 e. The number of aliphatic hydroxyl groups excluding tert-OH is 5. The van der Waals surface area contributed by atoms with Gasteiger partial charge in [0, 0.05) is 12.8 Å². The summed E-state index contributed by atoms with van der Waals surface area (Å²) < 4.78 is 10.6. The molecule has 9 atom stereocenters. The number of rotatable bonds is 13. The summed E-state index contributed by atoms with van der Waals surface area (Å²) in [5, 5.41) is 71.0. The maximum absolute atomic E-state index is 12.6. The van der Waals surface area contributed by atoms with Crippen molar-refractivity contribution in [2.75, 3.05) is 6.61 Å². The molecule has 1 heterocycles. The highest BCUT2D eigenvalue weighted by molar-refractivity contribution is 5.91. The predicted molar refractivity (Wildman–Crippen MR) is 109 cm³/mol. The third-order valence-electron chi connectivity index (χ3n) is 5.16. The Morgan fingerprint density at radius 1 is 0.971 bits per heavy atom. The molecule has 0 bridgehead atoms. The van der Waals surface area contributed by atoms with E-state index in [0.29, 0.717) is 0 Å². The summed E-state index contributed by atoms with van der Waals surface area (Å²) in [6.07, 6.45) is -11.2. The Morgan fingerprint density at radius 3 is 2.12 bits per heavy atom. The lowest BCUT2D eigenvalue weighted by Gasteiger charge is -2.40. The highest BCUT2D eigenvalue weighted by Gasteiger charge is 2.44. The first-order chi connectivity index (χ1) is 15.8. The van der Waals surface area contributed by atoms with Gasteiger partial charge in [0.2, 0.25) is 11.8 Å². The topological polar surface area (TPSA) is 252 Å². The summed E-state index contributed by atoms with van der Waals surface area (Å²) in [5.74, 6) is -4.74. The minimum absolute atomic E-state index is 0.0595. The fraction of sp³-hybridized carbons (Fsp3) is 0.789. The number of carbonyl (C=O) groups excluding carboxylic acids is 2. The van der Waals surface area contributed by atoms with E-state index >= 15 is 0 Å². The molecule has 0 aromatic rings. The highest BCUT2D eigenvalue weighted by atomic mass is 16.7. The fourth-order valence-electron chi connectivity index (χ4n) is 3.13. The average molecular weight is 496 g/mol. The molecule has 0 spiro atoms. The van der Waals surface area contributed by atoms with Crippen LogP contribution >= 0.6 is 0 Å². The number of carbonyl (C=O) groups is 4. The third-order valence-corrected chi connectivity index (χ3v) is 5.16. The van der Waals surface area contributed by atoms with Crippen LogP contribution in [0.15, 0.2) is 0 Å². The van der Waals surface area contributed by atoms with Crippen LogP contribution in [0.1, 0.15) is 33.1 Å². The Labute approximate surface area is 194 Å². The van der Waals surface area contributed by atoms with Crippen LogP contribution in [0.4, 0.5) is 0 Å². The van der Waals surface area contributed by atoms with E-state index in [1.54, 1.807) is 0 Å². The molecule has 1 rings (SSSR count). The first-order valence-corrected chi connectivity index (χ1v) is 10.5. The zero-order chi connectivity index (χ0) is 26.2. The van der Waals surface area contributed by atoms with Gasteiger partial charge in [0.15, 0.2) is 12.3 Å². The largest absolute Gasteiger partial charge is 0.481 e. The fourth-order valence-corrected chi connectivity index (χ4v) is 3.13. The molecule has 0 aliphatic carbocycles.